The SMILES string of the molecule is CCCCn1cnc2sc(C(=O)Nc3ccc(O)cc3C)c(C)c2c1=O. The van der Waals surface area contributed by atoms with Crippen molar-refractivity contribution in [3.05, 3.63) is 50.9 Å². The summed E-state index contributed by atoms with van der Waals surface area (Å²) in [5.41, 5.74) is 1.94. The lowest BCUT2D eigenvalue weighted by atomic mass is 10.1. The van der Waals surface area contributed by atoms with Crippen LogP contribution in [0.15, 0.2) is 29.3 Å². The Kier molecular flexibility index (Phi) is 5.08. The number of aryl methyl sites for hydroxylation is 3. The third-order valence-electron chi connectivity index (χ3n) is 4.33. The van der Waals surface area contributed by atoms with E-state index in [9.17, 15) is 14.7 Å². The fourth-order valence-corrected chi connectivity index (χ4v) is 3.87. The first-order valence-corrected chi connectivity index (χ1v) is 9.33. The third-order valence-corrected chi connectivity index (χ3v) is 5.53. The summed E-state index contributed by atoms with van der Waals surface area (Å²) in [6, 6.07) is 4.76. The smallest absolute Gasteiger partial charge is 0.266 e. The fraction of sp³-hybridized carbons (Fsp3) is 0.316. The molecule has 0 bridgehead atoms. The van der Waals surface area contributed by atoms with Crippen molar-refractivity contribution in [3.8, 4) is 5.75 Å². The maximum Gasteiger partial charge on any atom is 0.266 e. The van der Waals surface area contributed by atoms with Crippen LogP contribution in [0.2, 0.25) is 0 Å². The average molecular weight is 371 g/mol. The number of carbonyl (C=O) groups is 1. The summed E-state index contributed by atoms with van der Waals surface area (Å²) in [6.07, 6.45) is 3.46. The summed E-state index contributed by atoms with van der Waals surface area (Å²) in [4.78, 5) is 30.8. The summed E-state index contributed by atoms with van der Waals surface area (Å²) >= 11 is 1.22. The number of amides is 1. The van der Waals surface area contributed by atoms with Gasteiger partial charge in [-0.1, -0.05) is 13.3 Å². The number of aromatic hydroxyl groups is 1. The molecule has 7 heteroatoms. The average Bonchev–Trinajstić information content (AvgIpc) is 2.94. The quantitative estimate of drug-likeness (QED) is 0.668. The summed E-state index contributed by atoms with van der Waals surface area (Å²) in [7, 11) is 0. The minimum Gasteiger partial charge on any atom is -0.508 e. The van der Waals surface area contributed by atoms with Crippen LogP contribution < -0.4 is 10.9 Å². The Morgan fingerprint density at radius 1 is 1.35 bits per heavy atom. The highest BCUT2D eigenvalue weighted by Gasteiger charge is 2.20. The molecule has 0 aliphatic carbocycles. The molecule has 26 heavy (non-hydrogen) atoms. The molecule has 0 fully saturated rings. The third kappa shape index (κ3) is 3.35. The zero-order chi connectivity index (χ0) is 18.8. The van der Waals surface area contributed by atoms with E-state index in [0.717, 1.165) is 18.4 Å². The van der Waals surface area contributed by atoms with E-state index in [2.05, 4.69) is 17.2 Å². The normalized spacial score (nSPS) is 11.0. The van der Waals surface area contributed by atoms with Crippen molar-refractivity contribution in [1.29, 1.82) is 0 Å². The number of rotatable bonds is 5. The molecular weight excluding hydrogens is 350 g/mol. The number of carbonyl (C=O) groups excluding carboxylic acids is 1. The number of anilines is 1. The second-order valence-corrected chi connectivity index (χ2v) is 7.29. The van der Waals surface area contributed by atoms with Crippen molar-refractivity contribution < 1.29 is 9.90 Å². The van der Waals surface area contributed by atoms with E-state index >= 15 is 0 Å². The number of fused-ring (bicyclic) bond motifs is 1. The fourth-order valence-electron chi connectivity index (χ4n) is 2.83. The summed E-state index contributed by atoms with van der Waals surface area (Å²) in [6.45, 7) is 6.29. The monoisotopic (exact) mass is 371 g/mol. The van der Waals surface area contributed by atoms with Crippen molar-refractivity contribution >= 4 is 33.1 Å². The van der Waals surface area contributed by atoms with Crippen LogP contribution >= 0.6 is 11.3 Å². The molecule has 0 radical (unpaired) electrons. The molecule has 136 valence electrons. The molecule has 0 aliphatic heterocycles. The minimum absolute atomic E-state index is 0.0999. The molecule has 1 amide bonds. The Bertz CT molecular complexity index is 1040. The molecule has 0 saturated carbocycles. The number of nitrogens with zero attached hydrogens (tertiary/aromatic N) is 2. The molecule has 2 aromatic heterocycles. The van der Waals surface area contributed by atoms with E-state index in [4.69, 9.17) is 0 Å². The van der Waals surface area contributed by atoms with E-state index in [1.54, 1.807) is 36.9 Å². The molecule has 0 aliphatic rings. The van der Waals surface area contributed by atoms with Gasteiger partial charge in [0.2, 0.25) is 0 Å². The number of nitrogens with one attached hydrogen (secondary N) is 1. The highest BCUT2D eigenvalue weighted by atomic mass is 32.1. The predicted octanol–water partition coefficient (Wildman–Crippen LogP) is 3.83. The van der Waals surface area contributed by atoms with Gasteiger partial charge in [-0.05, 0) is 49.6 Å². The molecule has 1 aromatic carbocycles. The summed E-state index contributed by atoms with van der Waals surface area (Å²) in [5.74, 6) is -0.130. The maximum atomic E-state index is 12.7. The topological polar surface area (TPSA) is 84.2 Å². The van der Waals surface area contributed by atoms with E-state index in [0.29, 0.717) is 32.9 Å². The van der Waals surface area contributed by atoms with Gasteiger partial charge < -0.3 is 10.4 Å². The van der Waals surface area contributed by atoms with Crippen molar-refractivity contribution in [1.82, 2.24) is 9.55 Å². The molecule has 2 heterocycles. The largest absolute Gasteiger partial charge is 0.508 e. The predicted molar refractivity (Wildman–Crippen MR) is 104 cm³/mol. The molecule has 0 atom stereocenters. The zero-order valence-electron chi connectivity index (χ0n) is 15.0. The van der Waals surface area contributed by atoms with Gasteiger partial charge in [0.15, 0.2) is 0 Å². The highest BCUT2D eigenvalue weighted by Crippen LogP contribution is 2.28. The Balaban J connectivity index is 1.97. The van der Waals surface area contributed by atoms with E-state index in [1.807, 2.05) is 0 Å². The van der Waals surface area contributed by atoms with Gasteiger partial charge in [-0.25, -0.2) is 4.98 Å². The van der Waals surface area contributed by atoms with Gasteiger partial charge in [-0.3, -0.25) is 14.2 Å². The van der Waals surface area contributed by atoms with Gasteiger partial charge in [0.1, 0.15) is 10.6 Å². The van der Waals surface area contributed by atoms with Gasteiger partial charge in [-0.2, -0.15) is 0 Å². The Morgan fingerprint density at radius 3 is 2.81 bits per heavy atom. The van der Waals surface area contributed by atoms with Crippen molar-refractivity contribution in [2.75, 3.05) is 5.32 Å². The molecule has 0 spiro atoms. The summed E-state index contributed by atoms with van der Waals surface area (Å²) in [5, 5.41) is 12.9. The molecule has 3 rings (SSSR count). The van der Waals surface area contributed by atoms with Crippen molar-refractivity contribution in [2.45, 2.75) is 40.2 Å². The van der Waals surface area contributed by atoms with E-state index in [1.165, 1.54) is 17.4 Å². The number of phenols is 1. The Morgan fingerprint density at radius 2 is 2.12 bits per heavy atom. The van der Waals surface area contributed by atoms with Crippen LogP contribution in [0.25, 0.3) is 10.2 Å². The number of phenolic OH excluding ortho intramolecular Hbond substituents is 1. The maximum absolute atomic E-state index is 12.7. The molecule has 0 saturated heterocycles. The highest BCUT2D eigenvalue weighted by molar-refractivity contribution is 7.20. The molecule has 2 N–H and O–H groups in total. The first-order chi connectivity index (χ1) is 12.4. The Labute approximate surface area is 155 Å². The lowest BCUT2D eigenvalue weighted by Gasteiger charge is -2.08. The lowest BCUT2D eigenvalue weighted by Crippen LogP contribution is -2.20. The van der Waals surface area contributed by atoms with Crippen LogP contribution in [0.1, 0.15) is 40.6 Å². The molecule has 6 nitrogen and oxygen atoms in total. The van der Waals surface area contributed by atoms with E-state index in [-0.39, 0.29) is 17.2 Å². The minimum atomic E-state index is -0.279. The van der Waals surface area contributed by atoms with Crippen LogP contribution in [-0.2, 0) is 6.54 Å². The first-order valence-electron chi connectivity index (χ1n) is 8.52. The number of hydrogen-bond acceptors (Lipinski definition) is 5. The van der Waals surface area contributed by atoms with Crippen LogP contribution in [-0.4, -0.2) is 20.6 Å². The van der Waals surface area contributed by atoms with Crippen molar-refractivity contribution in [3.63, 3.8) is 0 Å². The number of benzene rings is 1. The molecule has 0 unspecified atom stereocenters. The number of hydrogen-bond donors (Lipinski definition) is 2. The van der Waals surface area contributed by atoms with Crippen LogP contribution in [0.5, 0.6) is 5.75 Å². The van der Waals surface area contributed by atoms with Crippen LogP contribution in [0, 0.1) is 13.8 Å². The van der Waals surface area contributed by atoms with Crippen LogP contribution in [0.3, 0.4) is 0 Å². The number of aromatic nitrogens is 2. The van der Waals surface area contributed by atoms with Crippen molar-refractivity contribution in [2.24, 2.45) is 0 Å². The van der Waals surface area contributed by atoms with Gasteiger partial charge in [-0.15, -0.1) is 11.3 Å². The molecular formula is C19H21N3O3S. The number of thiophene rings is 1. The van der Waals surface area contributed by atoms with Gasteiger partial charge >= 0.3 is 0 Å². The first kappa shape index (κ1) is 18.1. The van der Waals surface area contributed by atoms with Crippen LogP contribution in [0.4, 0.5) is 5.69 Å². The number of unbranched alkanes of at least 4 members (excludes halogenated alkanes) is 1. The van der Waals surface area contributed by atoms with Gasteiger partial charge in [0, 0.05) is 12.2 Å². The second-order valence-electron chi connectivity index (χ2n) is 6.29. The molecule has 3 aromatic rings. The Hall–Kier alpha value is -2.67. The van der Waals surface area contributed by atoms with Gasteiger partial charge in [0.05, 0.1) is 16.6 Å². The second kappa shape index (κ2) is 7.29. The zero-order valence-corrected chi connectivity index (χ0v) is 15.8. The standard InChI is InChI=1S/C19H21N3O3S/c1-4-5-8-22-10-20-18-15(19(22)25)12(3)16(26-18)17(24)21-14-7-6-13(23)9-11(14)2/h6-7,9-10,23H,4-5,8H2,1-3H3,(H,21,24). The summed E-state index contributed by atoms with van der Waals surface area (Å²) < 4.78 is 1.61. The lowest BCUT2D eigenvalue weighted by molar-refractivity contribution is 0.103. The van der Waals surface area contributed by atoms with E-state index < -0.39 is 0 Å². The van der Waals surface area contributed by atoms with Gasteiger partial charge in [0.25, 0.3) is 11.5 Å².